The Labute approximate surface area is 126 Å². The van der Waals surface area contributed by atoms with Gasteiger partial charge in [-0.1, -0.05) is 12.5 Å². The van der Waals surface area contributed by atoms with Crippen molar-refractivity contribution in [3.8, 4) is 5.75 Å². The maximum Gasteiger partial charge on any atom is 0.251 e. The van der Waals surface area contributed by atoms with Gasteiger partial charge in [-0.3, -0.25) is 4.79 Å². The number of rotatable bonds is 5. The van der Waals surface area contributed by atoms with Crippen molar-refractivity contribution in [2.45, 2.75) is 38.1 Å². The lowest BCUT2D eigenvalue weighted by Crippen LogP contribution is -2.38. The van der Waals surface area contributed by atoms with E-state index in [2.05, 4.69) is 11.9 Å². The molecule has 2 bridgehead atoms. The SMILES string of the molecule is C=CCc1cc(C(=O)N[C@@H]2C[C@@H]3CC[C@@H]2C3)ccc1OC. The number of benzene rings is 1. The fourth-order valence-electron chi connectivity index (χ4n) is 3.91. The predicted molar refractivity (Wildman–Crippen MR) is 83.6 cm³/mol. The van der Waals surface area contributed by atoms with E-state index in [-0.39, 0.29) is 5.91 Å². The molecule has 2 aliphatic rings. The van der Waals surface area contributed by atoms with Gasteiger partial charge in [-0.2, -0.15) is 0 Å². The first-order chi connectivity index (χ1) is 10.2. The van der Waals surface area contributed by atoms with Crippen molar-refractivity contribution in [2.24, 2.45) is 11.8 Å². The normalized spacial score (nSPS) is 26.6. The van der Waals surface area contributed by atoms with Crippen LogP contribution >= 0.6 is 0 Å². The van der Waals surface area contributed by atoms with Crippen LogP contribution in [0.15, 0.2) is 30.9 Å². The Morgan fingerprint density at radius 3 is 2.90 bits per heavy atom. The Morgan fingerprint density at radius 1 is 1.43 bits per heavy atom. The summed E-state index contributed by atoms with van der Waals surface area (Å²) in [7, 11) is 1.65. The lowest BCUT2D eigenvalue weighted by Gasteiger charge is -2.23. The summed E-state index contributed by atoms with van der Waals surface area (Å²) >= 11 is 0. The largest absolute Gasteiger partial charge is 0.496 e. The van der Waals surface area contributed by atoms with E-state index in [1.165, 1.54) is 19.3 Å². The Kier molecular flexibility index (Phi) is 4.00. The first-order valence-corrected chi connectivity index (χ1v) is 7.80. The van der Waals surface area contributed by atoms with Crippen molar-refractivity contribution in [3.05, 3.63) is 42.0 Å². The van der Waals surface area contributed by atoms with Crippen LogP contribution in [0.25, 0.3) is 0 Å². The van der Waals surface area contributed by atoms with Gasteiger partial charge in [0.1, 0.15) is 5.75 Å². The van der Waals surface area contributed by atoms with Gasteiger partial charge in [0.25, 0.3) is 5.91 Å². The van der Waals surface area contributed by atoms with Crippen molar-refractivity contribution < 1.29 is 9.53 Å². The average molecular weight is 285 g/mol. The van der Waals surface area contributed by atoms with E-state index in [1.807, 2.05) is 24.3 Å². The van der Waals surface area contributed by atoms with Gasteiger partial charge in [0.15, 0.2) is 0 Å². The molecule has 0 saturated heterocycles. The number of fused-ring (bicyclic) bond motifs is 2. The van der Waals surface area contributed by atoms with Gasteiger partial charge in [-0.15, -0.1) is 6.58 Å². The summed E-state index contributed by atoms with van der Waals surface area (Å²) in [5.74, 6) is 2.39. The molecule has 0 aliphatic heterocycles. The molecule has 2 aliphatic carbocycles. The molecule has 3 rings (SSSR count). The summed E-state index contributed by atoms with van der Waals surface area (Å²) in [6.45, 7) is 3.76. The molecule has 3 heteroatoms. The zero-order valence-electron chi connectivity index (χ0n) is 12.6. The van der Waals surface area contributed by atoms with Crippen LogP contribution in [0, 0.1) is 11.8 Å². The number of hydrogen-bond acceptors (Lipinski definition) is 2. The highest BCUT2D eigenvalue weighted by Crippen LogP contribution is 2.44. The molecule has 1 amide bonds. The lowest BCUT2D eigenvalue weighted by atomic mass is 9.95. The molecule has 21 heavy (non-hydrogen) atoms. The number of ether oxygens (including phenoxy) is 1. The quantitative estimate of drug-likeness (QED) is 0.843. The third-order valence-corrected chi connectivity index (χ3v) is 4.96. The Balaban J connectivity index is 1.72. The fourth-order valence-corrected chi connectivity index (χ4v) is 3.91. The Morgan fingerprint density at radius 2 is 2.29 bits per heavy atom. The predicted octanol–water partition coefficient (Wildman–Crippen LogP) is 3.34. The minimum Gasteiger partial charge on any atom is -0.496 e. The van der Waals surface area contributed by atoms with Crippen molar-refractivity contribution in [1.29, 1.82) is 0 Å². The molecule has 3 nitrogen and oxygen atoms in total. The number of hydrogen-bond donors (Lipinski definition) is 1. The van der Waals surface area contributed by atoms with E-state index in [1.54, 1.807) is 7.11 Å². The van der Waals surface area contributed by atoms with Crippen LogP contribution < -0.4 is 10.1 Å². The minimum absolute atomic E-state index is 0.0421. The molecule has 1 aromatic rings. The third kappa shape index (κ3) is 2.82. The van der Waals surface area contributed by atoms with E-state index >= 15 is 0 Å². The zero-order chi connectivity index (χ0) is 14.8. The summed E-state index contributed by atoms with van der Waals surface area (Å²) < 4.78 is 5.33. The molecule has 0 aromatic heterocycles. The molecule has 3 atom stereocenters. The second-order valence-electron chi connectivity index (χ2n) is 6.27. The molecule has 1 N–H and O–H groups in total. The molecule has 0 spiro atoms. The van der Waals surface area contributed by atoms with Crippen LogP contribution in [0.5, 0.6) is 5.75 Å². The fraction of sp³-hybridized carbons (Fsp3) is 0.500. The van der Waals surface area contributed by atoms with Gasteiger partial charge in [-0.05, 0) is 61.3 Å². The average Bonchev–Trinajstić information content (AvgIpc) is 3.10. The smallest absolute Gasteiger partial charge is 0.251 e. The van der Waals surface area contributed by atoms with Crippen LogP contribution in [0.4, 0.5) is 0 Å². The molecule has 1 aromatic carbocycles. The van der Waals surface area contributed by atoms with Gasteiger partial charge in [0.05, 0.1) is 7.11 Å². The van der Waals surface area contributed by atoms with E-state index in [0.717, 1.165) is 29.2 Å². The van der Waals surface area contributed by atoms with E-state index < -0.39 is 0 Å². The summed E-state index contributed by atoms with van der Waals surface area (Å²) in [5.41, 5.74) is 1.73. The van der Waals surface area contributed by atoms with E-state index in [9.17, 15) is 4.79 Å². The molecular formula is C18H23NO2. The van der Waals surface area contributed by atoms with Crippen LogP contribution in [0.3, 0.4) is 0 Å². The second kappa shape index (κ2) is 5.92. The van der Waals surface area contributed by atoms with Gasteiger partial charge >= 0.3 is 0 Å². The van der Waals surface area contributed by atoms with E-state index in [4.69, 9.17) is 4.74 Å². The minimum atomic E-state index is 0.0421. The highest BCUT2D eigenvalue weighted by atomic mass is 16.5. The molecule has 0 heterocycles. The van der Waals surface area contributed by atoms with Gasteiger partial charge < -0.3 is 10.1 Å². The van der Waals surface area contributed by atoms with Crippen LogP contribution in [-0.4, -0.2) is 19.1 Å². The number of allylic oxidation sites excluding steroid dienone is 1. The van der Waals surface area contributed by atoms with Gasteiger partial charge in [-0.25, -0.2) is 0 Å². The first kappa shape index (κ1) is 14.2. The van der Waals surface area contributed by atoms with Crippen molar-refractivity contribution >= 4 is 5.91 Å². The number of amides is 1. The van der Waals surface area contributed by atoms with Gasteiger partial charge in [0.2, 0.25) is 0 Å². The van der Waals surface area contributed by atoms with Crippen LogP contribution in [-0.2, 0) is 6.42 Å². The standard InChI is InChI=1S/C18H23NO2/c1-3-4-14-11-15(7-8-17(14)21-2)18(20)19-16-10-12-5-6-13(16)9-12/h3,7-8,11-13,16H,1,4-6,9-10H2,2H3,(H,19,20)/t12-,13-,16-/m1/s1. The second-order valence-corrected chi connectivity index (χ2v) is 6.27. The molecule has 0 unspecified atom stereocenters. The number of carbonyl (C=O) groups is 1. The monoisotopic (exact) mass is 285 g/mol. The summed E-state index contributed by atoms with van der Waals surface area (Å²) in [4.78, 5) is 12.5. The molecule has 112 valence electrons. The summed E-state index contributed by atoms with van der Waals surface area (Å²) in [6, 6.07) is 6.01. The van der Waals surface area contributed by atoms with Gasteiger partial charge in [0, 0.05) is 11.6 Å². The topological polar surface area (TPSA) is 38.3 Å². The van der Waals surface area contributed by atoms with Crippen LogP contribution in [0.2, 0.25) is 0 Å². The summed E-state index contributed by atoms with van der Waals surface area (Å²) in [5, 5.41) is 3.23. The van der Waals surface area contributed by atoms with Crippen LogP contribution in [0.1, 0.15) is 41.6 Å². The number of nitrogens with one attached hydrogen (secondary N) is 1. The highest BCUT2D eigenvalue weighted by molar-refractivity contribution is 5.94. The number of methoxy groups -OCH3 is 1. The maximum absolute atomic E-state index is 12.5. The highest BCUT2D eigenvalue weighted by Gasteiger charge is 2.40. The third-order valence-electron chi connectivity index (χ3n) is 4.96. The lowest BCUT2D eigenvalue weighted by molar-refractivity contribution is 0.0923. The van der Waals surface area contributed by atoms with Crippen molar-refractivity contribution in [3.63, 3.8) is 0 Å². The molecule has 2 saturated carbocycles. The first-order valence-electron chi connectivity index (χ1n) is 7.80. The Bertz CT molecular complexity index is 552. The summed E-state index contributed by atoms with van der Waals surface area (Å²) in [6.07, 6.45) is 7.62. The molecular weight excluding hydrogens is 262 g/mol. The van der Waals surface area contributed by atoms with Crippen molar-refractivity contribution in [1.82, 2.24) is 5.32 Å². The zero-order valence-corrected chi connectivity index (χ0v) is 12.6. The molecule has 0 radical (unpaired) electrons. The number of carbonyl (C=O) groups excluding carboxylic acids is 1. The Hall–Kier alpha value is -1.77. The molecule has 2 fully saturated rings. The van der Waals surface area contributed by atoms with E-state index in [0.29, 0.717) is 18.4 Å². The van der Waals surface area contributed by atoms with Crippen molar-refractivity contribution in [2.75, 3.05) is 7.11 Å². The maximum atomic E-state index is 12.5.